The van der Waals surface area contributed by atoms with Gasteiger partial charge in [-0.25, -0.2) is 8.42 Å². The highest BCUT2D eigenvalue weighted by Gasteiger charge is 2.32. The summed E-state index contributed by atoms with van der Waals surface area (Å²) in [6, 6.07) is 36.9. The Bertz CT molecular complexity index is 3090. The third-order valence-corrected chi connectivity index (χ3v) is 12.4. The number of aromatic hydroxyl groups is 1. The van der Waals surface area contributed by atoms with Crippen molar-refractivity contribution in [3.8, 4) is 11.6 Å². The van der Waals surface area contributed by atoms with Crippen molar-refractivity contribution >= 4 is 89.1 Å². The van der Waals surface area contributed by atoms with Crippen LogP contribution in [0.3, 0.4) is 0 Å². The number of nitro groups is 1. The van der Waals surface area contributed by atoms with Crippen molar-refractivity contribution in [2.24, 2.45) is 10.2 Å². The summed E-state index contributed by atoms with van der Waals surface area (Å²) in [7, 11) is -3.91. The lowest BCUT2D eigenvalue weighted by molar-refractivity contribution is -0.385. The fourth-order valence-corrected chi connectivity index (χ4v) is 7.96. The second-order valence-corrected chi connectivity index (χ2v) is 17.0. The molecular formula is C47H39BrClN5O9S. The van der Waals surface area contributed by atoms with Crippen LogP contribution < -0.4 is 9.46 Å². The number of nitrogens with one attached hydrogen (secondary N) is 2. The molecule has 0 fully saturated rings. The van der Waals surface area contributed by atoms with Gasteiger partial charge in [0.2, 0.25) is 5.88 Å². The minimum absolute atomic E-state index is 0. The maximum Gasteiger partial charge on any atom is 0.302 e. The van der Waals surface area contributed by atoms with Crippen molar-refractivity contribution in [2.45, 2.75) is 25.7 Å². The number of benzene rings is 6. The van der Waals surface area contributed by atoms with Gasteiger partial charge in [-0.1, -0.05) is 96.5 Å². The molecule has 0 spiro atoms. The highest BCUT2D eigenvalue weighted by atomic mass is 79.9. The number of rotatable bonds is 9. The number of fused-ring (bicyclic) bond motifs is 2. The Morgan fingerprint density at radius 2 is 1.50 bits per heavy atom. The fourth-order valence-electron chi connectivity index (χ4n) is 6.16. The van der Waals surface area contributed by atoms with Crippen LogP contribution in [0.4, 0.5) is 17.1 Å². The van der Waals surface area contributed by atoms with Gasteiger partial charge in [0.1, 0.15) is 5.75 Å². The topological polar surface area (TPSA) is 210 Å². The van der Waals surface area contributed by atoms with Gasteiger partial charge < -0.3 is 14.8 Å². The number of nitro benzene ring substituents is 1. The first-order chi connectivity index (χ1) is 30.5. The van der Waals surface area contributed by atoms with E-state index in [0.717, 1.165) is 32.8 Å². The molecule has 1 aromatic heterocycles. The fraction of sp³-hybridized carbons (Fsp3) is 0.0851. The predicted octanol–water partition coefficient (Wildman–Crippen LogP) is 11.7. The number of ketones is 2. The number of ether oxygens (including phenoxy) is 1. The van der Waals surface area contributed by atoms with Crippen LogP contribution in [0, 0.1) is 30.9 Å². The standard InChI is InChI=1S/C17H14BrN3O3.C17H12O2.C13H11ClN2O4S.H2/c1-10-7-8-12-14(15(10)18)16(17(23)19-12)21-20-13(22)9-24-11-5-3-2-4-6-11;1-11-6-2-3-7-12(11)10-15-16(18)13-8-4-5-9-14(13)17(15)19;1-9-5-6-10(7-13(9)14)15-21(19,20)12-4-2-3-11(8-12)16(17)18;/h2-8,19,23H,9H2,1H3;2-10H,1H3;2-8,15H,1H3;1H. The monoisotopic (exact) mass is 963 g/mol. The molecule has 0 aliphatic heterocycles. The van der Waals surface area contributed by atoms with E-state index in [1.54, 1.807) is 61.5 Å². The summed E-state index contributed by atoms with van der Waals surface area (Å²) in [4.78, 5) is 49.0. The number of sulfonamides is 1. The van der Waals surface area contributed by atoms with E-state index in [2.05, 4.69) is 35.9 Å². The lowest BCUT2D eigenvalue weighted by Gasteiger charge is -2.09. The Labute approximate surface area is 382 Å². The number of H-pyrrole nitrogens is 1. The number of amides is 1. The van der Waals surface area contributed by atoms with Crippen LogP contribution in [0.1, 0.15) is 44.4 Å². The molecule has 17 heteroatoms. The molecule has 64 heavy (non-hydrogen) atoms. The number of halogens is 2. The summed E-state index contributed by atoms with van der Waals surface area (Å²) in [5.74, 6) is -0.463. The molecular weight excluding hydrogens is 926 g/mol. The van der Waals surface area contributed by atoms with E-state index < -0.39 is 20.9 Å². The molecule has 8 rings (SSSR count). The lowest BCUT2D eigenvalue weighted by atomic mass is 10.0. The Morgan fingerprint density at radius 1 is 0.859 bits per heavy atom. The van der Waals surface area contributed by atoms with E-state index in [4.69, 9.17) is 16.3 Å². The van der Waals surface area contributed by atoms with E-state index in [1.807, 2.05) is 68.4 Å². The molecule has 0 bridgehead atoms. The van der Waals surface area contributed by atoms with E-state index in [9.17, 15) is 38.0 Å². The van der Waals surface area contributed by atoms with Crippen molar-refractivity contribution in [1.82, 2.24) is 4.98 Å². The summed E-state index contributed by atoms with van der Waals surface area (Å²) in [5, 5.41) is 29.3. The number of carbonyl (C=O) groups is 3. The van der Waals surface area contributed by atoms with Gasteiger partial charge in [-0.05, 0) is 101 Å². The smallest absolute Gasteiger partial charge is 0.302 e. The highest BCUT2D eigenvalue weighted by Crippen LogP contribution is 2.41. The number of anilines is 1. The average molecular weight is 965 g/mol. The number of non-ortho nitro benzene ring substituents is 1. The molecule has 1 amide bonds. The largest absolute Gasteiger partial charge is 0.493 e. The number of hydrogen-bond acceptors (Lipinski definition) is 10. The third-order valence-electron chi connectivity index (χ3n) is 9.57. The van der Waals surface area contributed by atoms with Crippen LogP contribution in [0.5, 0.6) is 11.6 Å². The van der Waals surface area contributed by atoms with Gasteiger partial charge in [0.25, 0.3) is 15.7 Å². The Morgan fingerprint density at radius 3 is 2.16 bits per heavy atom. The van der Waals surface area contributed by atoms with Gasteiger partial charge in [0.05, 0.1) is 26.6 Å². The van der Waals surface area contributed by atoms with E-state index in [1.165, 1.54) is 24.3 Å². The van der Waals surface area contributed by atoms with Crippen molar-refractivity contribution < 1.29 is 39.0 Å². The molecule has 3 N–H and O–H groups in total. The summed E-state index contributed by atoms with van der Waals surface area (Å²) in [6.45, 7) is 5.45. The lowest BCUT2D eigenvalue weighted by Crippen LogP contribution is -2.13. The molecule has 1 aliphatic carbocycles. The predicted molar refractivity (Wildman–Crippen MR) is 250 cm³/mol. The number of aryl methyl sites for hydroxylation is 3. The number of aromatic amines is 1. The van der Waals surface area contributed by atoms with Crippen LogP contribution >= 0.6 is 27.5 Å². The molecule has 0 atom stereocenters. The molecule has 7 aromatic rings. The number of aromatic nitrogens is 1. The summed E-state index contributed by atoms with van der Waals surface area (Å²) >= 11 is 9.40. The number of carbonyl (C=O) groups excluding carboxylic acids is 3. The molecule has 0 saturated heterocycles. The number of allylic oxidation sites excluding steroid dienone is 1. The van der Waals surface area contributed by atoms with Crippen molar-refractivity contribution in [3.05, 3.63) is 192 Å². The van der Waals surface area contributed by atoms with Crippen molar-refractivity contribution in [2.75, 3.05) is 11.3 Å². The molecule has 326 valence electrons. The number of hydrogen-bond donors (Lipinski definition) is 3. The van der Waals surface area contributed by atoms with Crippen LogP contribution in [-0.4, -0.2) is 47.5 Å². The maximum absolute atomic E-state index is 12.2. The SMILES string of the molecule is Cc1ccc(NS(=O)(=O)c2cccc([N+](=O)[O-])c2)cc1Cl.Cc1ccc2[nH]c(O)c(N=NC(=O)COc3ccccc3)c2c1Br.Cc1ccccc1C=C1C(=O)c2ccccc2C1=O.[HH]. The first-order valence-electron chi connectivity index (χ1n) is 19.2. The van der Waals surface area contributed by atoms with Crippen LogP contribution in [-0.2, 0) is 14.8 Å². The molecule has 0 radical (unpaired) electrons. The molecule has 1 aliphatic rings. The summed E-state index contributed by atoms with van der Waals surface area (Å²) in [6.07, 6.45) is 1.69. The minimum atomic E-state index is -3.91. The number of azo groups is 1. The van der Waals surface area contributed by atoms with Crippen molar-refractivity contribution in [1.29, 1.82) is 0 Å². The summed E-state index contributed by atoms with van der Waals surface area (Å²) < 4.78 is 32.8. The van der Waals surface area contributed by atoms with Crippen LogP contribution in [0.15, 0.2) is 159 Å². The Balaban J connectivity index is 0.000000183. The zero-order chi connectivity index (χ0) is 46.1. The van der Waals surface area contributed by atoms with Gasteiger partial charge in [-0.15, -0.1) is 10.2 Å². The van der Waals surface area contributed by atoms with Gasteiger partial charge in [0.15, 0.2) is 23.9 Å². The zero-order valence-corrected chi connectivity index (χ0v) is 37.4. The van der Waals surface area contributed by atoms with Crippen LogP contribution in [0.2, 0.25) is 5.02 Å². The molecule has 14 nitrogen and oxygen atoms in total. The number of Topliss-reactive ketones (excluding diaryl/α,β-unsaturated/α-hetero) is 2. The maximum atomic E-state index is 12.2. The van der Waals surface area contributed by atoms with E-state index in [-0.39, 0.29) is 53.0 Å². The van der Waals surface area contributed by atoms with Gasteiger partial charge >= 0.3 is 5.91 Å². The quantitative estimate of drug-likeness (QED) is 0.0412. The van der Waals surface area contributed by atoms with Crippen LogP contribution in [0.25, 0.3) is 17.0 Å². The zero-order valence-electron chi connectivity index (χ0n) is 34.2. The Hall–Kier alpha value is -7.27. The Kier molecular flexibility index (Phi) is 14.7. The van der Waals surface area contributed by atoms with Gasteiger partial charge in [-0.3, -0.25) is 29.2 Å². The van der Waals surface area contributed by atoms with Gasteiger partial charge in [-0.2, -0.15) is 0 Å². The normalized spacial score (nSPS) is 11.9. The average Bonchev–Trinajstić information content (AvgIpc) is 3.74. The molecule has 0 unspecified atom stereocenters. The first kappa shape index (κ1) is 46.2. The minimum Gasteiger partial charge on any atom is -0.493 e. The first-order valence-corrected chi connectivity index (χ1v) is 21.8. The number of nitrogens with zero attached hydrogens (tertiary/aromatic N) is 3. The molecule has 1 heterocycles. The number of para-hydroxylation sites is 1. The molecule has 0 saturated carbocycles. The van der Waals surface area contributed by atoms with Gasteiger partial charge in [0, 0.05) is 39.6 Å². The second kappa shape index (κ2) is 20.3. The van der Waals surface area contributed by atoms with E-state index in [0.29, 0.717) is 32.8 Å². The van der Waals surface area contributed by atoms with E-state index >= 15 is 0 Å². The summed E-state index contributed by atoms with van der Waals surface area (Å²) in [5.41, 5.74) is 5.94. The highest BCUT2D eigenvalue weighted by molar-refractivity contribution is 9.10. The third kappa shape index (κ3) is 11.0. The second-order valence-electron chi connectivity index (χ2n) is 14.1. The molecule has 6 aromatic carbocycles. The van der Waals surface area contributed by atoms with Crippen molar-refractivity contribution in [3.63, 3.8) is 0 Å².